The Hall–Kier alpha value is -2.58. The SMILES string of the molecule is CC(C)Nc1ccc(N2CCOCC2)nc1.CC(C)Nc1cccc(N2CCOCC2)n1. The van der Waals surface area contributed by atoms with E-state index in [1.165, 1.54) is 0 Å². The fraction of sp³-hybridized carbons (Fsp3) is 0.583. The Balaban J connectivity index is 0.000000181. The van der Waals surface area contributed by atoms with Gasteiger partial charge in [-0.15, -0.1) is 0 Å². The highest BCUT2D eigenvalue weighted by Crippen LogP contribution is 2.17. The van der Waals surface area contributed by atoms with Crippen molar-refractivity contribution >= 4 is 23.1 Å². The van der Waals surface area contributed by atoms with Crippen molar-refractivity contribution in [3.8, 4) is 0 Å². The van der Waals surface area contributed by atoms with Crippen LogP contribution in [0.15, 0.2) is 36.5 Å². The van der Waals surface area contributed by atoms with E-state index in [4.69, 9.17) is 9.47 Å². The number of nitrogens with zero attached hydrogens (tertiary/aromatic N) is 4. The number of aromatic nitrogens is 2. The first-order valence-corrected chi connectivity index (χ1v) is 11.6. The molecule has 0 saturated carbocycles. The Labute approximate surface area is 192 Å². The molecule has 0 atom stereocenters. The normalized spacial score (nSPS) is 16.6. The lowest BCUT2D eigenvalue weighted by molar-refractivity contribution is 0.122. The Kier molecular flexibility index (Phi) is 9.37. The summed E-state index contributed by atoms with van der Waals surface area (Å²) in [5.74, 6) is 3.02. The van der Waals surface area contributed by atoms with Crippen LogP contribution >= 0.6 is 0 Å². The molecule has 4 heterocycles. The van der Waals surface area contributed by atoms with Crippen molar-refractivity contribution < 1.29 is 9.47 Å². The lowest BCUT2D eigenvalue weighted by Crippen LogP contribution is -2.36. The summed E-state index contributed by atoms with van der Waals surface area (Å²) in [6.07, 6.45) is 1.89. The summed E-state index contributed by atoms with van der Waals surface area (Å²) in [5, 5.41) is 6.64. The molecule has 2 fully saturated rings. The van der Waals surface area contributed by atoms with Gasteiger partial charge in [0, 0.05) is 38.3 Å². The highest BCUT2D eigenvalue weighted by molar-refractivity contribution is 5.49. The Morgan fingerprint density at radius 3 is 1.88 bits per heavy atom. The van der Waals surface area contributed by atoms with Crippen LogP contribution < -0.4 is 20.4 Å². The van der Waals surface area contributed by atoms with Gasteiger partial charge >= 0.3 is 0 Å². The first-order chi connectivity index (χ1) is 15.5. The molecule has 0 bridgehead atoms. The second-order valence-corrected chi connectivity index (χ2v) is 8.58. The molecule has 2 N–H and O–H groups in total. The summed E-state index contributed by atoms with van der Waals surface area (Å²) >= 11 is 0. The van der Waals surface area contributed by atoms with Crippen LogP contribution in [0.4, 0.5) is 23.1 Å². The van der Waals surface area contributed by atoms with Gasteiger partial charge in [0.25, 0.3) is 0 Å². The predicted molar refractivity (Wildman–Crippen MR) is 132 cm³/mol. The molecule has 0 spiro atoms. The number of ether oxygens (including phenoxy) is 2. The Morgan fingerprint density at radius 1 is 0.750 bits per heavy atom. The quantitative estimate of drug-likeness (QED) is 0.704. The van der Waals surface area contributed by atoms with Gasteiger partial charge in [0.05, 0.1) is 38.3 Å². The Bertz CT molecular complexity index is 787. The second-order valence-electron chi connectivity index (χ2n) is 8.58. The van der Waals surface area contributed by atoms with Gasteiger partial charge in [-0.25, -0.2) is 9.97 Å². The lowest BCUT2D eigenvalue weighted by Gasteiger charge is -2.28. The van der Waals surface area contributed by atoms with Crippen LogP contribution in [0.5, 0.6) is 0 Å². The smallest absolute Gasteiger partial charge is 0.131 e. The molecular weight excluding hydrogens is 404 g/mol. The standard InChI is InChI=1S/2C12H19N3O/c1-10(2)14-11-3-4-12(13-9-11)15-5-7-16-8-6-15;1-10(2)13-11-4-3-5-12(14-11)15-6-8-16-9-7-15/h3-4,9-10,14H,5-8H2,1-2H3;3-5,10H,6-9H2,1-2H3,(H,13,14). The van der Waals surface area contributed by atoms with Crippen molar-refractivity contribution in [2.24, 2.45) is 0 Å². The molecule has 2 aromatic heterocycles. The van der Waals surface area contributed by atoms with Crippen molar-refractivity contribution in [1.29, 1.82) is 0 Å². The minimum absolute atomic E-state index is 0.410. The van der Waals surface area contributed by atoms with Gasteiger partial charge in [-0.2, -0.15) is 0 Å². The molecule has 2 aliphatic heterocycles. The molecule has 2 aromatic rings. The van der Waals surface area contributed by atoms with Crippen molar-refractivity contribution in [2.45, 2.75) is 39.8 Å². The van der Waals surface area contributed by atoms with E-state index >= 15 is 0 Å². The minimum atomic E-state index is 0.410. The van der Waals surface area contributed by atoms with Crippen molar-refractivity contribution in [3.05, 3.63) is 36.5 Å². The molecule has 0 unspecified atom stereocenters. The molecule has 2 saturated heterocycles. The third-order valence-corrected chi connectivity index (χ3v) is 5.04. The van der Waals surface area contributed by atoms with E-state index in [1.807, 2.05) is 18.3 Å². The number of pyridine rings is 2. The summed E-state index contributed by atoms with van der Waals surface area (Å²) in [4.78, 5) is 13.6. The van der Waals surface area contributed by atoms with Crippen molar-refractivity contribution in [3.63, 3.8) is 0 Å². The summed E-state index contributed by atoms with van der Waals surface area (Å²) < 4.78 is 10.6. The number of anilines is 4. The third kappa shape index (κ3) is 7.84. The van der Waals surface area contributed by atoms with E-state index in [9.17, 15) is 0 Å². The largest absolute Gasteiger partial charge is 0.382 e. The van der Waals surface area contributed by atoms with Gasteiger partial charge in [-0.3, -0.25) is 0 Å². The molecule has 0 aliphatic carbocycles. The molecule has 0 aromatic carbocycles. The number of rotatable bonds is 6. The van der Waals surface area contributed by atoms with Gasteiger partial charge < -0.3 is 29.9 Å². The van der Waals surface area contributed by atoms with E-state index in [0.29, 0.717) is 12.1 Å². The van der Waals surface area contributed by atoms with E-state index in [0.717, 1.165) is 75.7 Å². The van der Waals surface area contributed by atoms with Crippen LogP contribution in [0, 0.1) is 0 Å². The summed E-state index contributed by atoms with van der Waals surface area (Å²) in [6.45, 7) is 15.4. The molecule has 0 amide bonds. The summed E-state index contributed by atoms with van der Waals surface area (Å²) in [6, 6.07) is 11.1. The van der Waals surface area contributed by atoms with Crippen LogP contribution in [0.3, 0.4) is 0 Å². The molecule has 0 radical (unpaired) electrons. The molecule has 32 heavy (non-hydrogen) atoms. The maximum Gasteiger partial charge on any atom is 0.131 e. The molecule has 176 valence electrons. The predicted octanol–water partition coefficient (Wildman–Crippen LogP) is 3.48. The van der Waals surface area contributed by atoms with E-state index in [1.54, 1.807) is 0 Å². The van der Waals surface area contributed by atoms with Gasteiger partial charge in [0.2, 0.25) is 0 Å². The van der Waals surface area contributed by atoms with Gasteiger partial charge in [-0.05, 0) is 52.0 Å². The average Bonchev–Trinajstić information content (AvgIpc) is 2.81. The zero-order valence-corrected chi connectivity index (χ0v) is 19.9. The number of morpholine rings is 2. The molecule has 8 nitrogen and oxygen atoms in total. The van der Waals surface area contributed by atoms with E-state index in [2.05, 4.69) is 76.3 Å². The first kappa shape index (κ1) is 24.1. The highest BCUT2D eigenvalue weighted by atomic mass is 16.5. The van der Waals surface area contributed by atoms with E-state index < -0.39 is 0 Å². The molecule has 4 rings (SSSR count). The summed E-state index contributed by atoms with van der Waals surface area (Å²) in [5.41, 5.74) is 1.08. The average molecular weight is 443 g/mol. The second kappa shape index (κ2) is 12.5. The lowest BCUT2D eigenvalue weighted by atomic mass is 10.3. The topological polar surface area (TPSA) is 74.8 Å². The maximum absolute atomic E-state index is 5.33. The summed E-state index contributed by atoms with van der Waals surface area (Å²) in [7, 11) is 0. The highest BCUT2D eigenvalue weighted by Gasteiger charge is 2.13. The zero-order valence-electron chi connectivity index (χ0n) is 19.9. The van der Waals surface area contributed by atoms with Crippen LogP contribution in [0.25, 0.3) is 0 Å². The third-order valence-electron chi connectivity index (χ3n) is 5.04. The number of hydrogen-bond donors (Lipinski definition) is 2. The van der Waals surface area contributed by atoms with Gasteiger partial charge in [0.1, 0.15) is 17.5 Å². The number of hydrogen-bond acceptors (Lipinski definition) is 8. The maximum atomic E-state index is 5.33. The van der Waals surface area contributed by atoms with Crippen LogP contribution in [-0.4, -0.2) is 74.7 Å². The van der Waals surface area contributed by atoms with Crippen LogP contribution in [-0.2, 0) is 9.47 Å². The fourth-order valence-electron chi connectivity index (χ4n) is 3.55. The fourth-order valence-corrected chi connectivity index (χ4v) is 3.55. The first-order valence-electron chi connectivity index (χ1n) is 11.6. The Morgan fingerprint density at radius 2 is 1.34 bits per heavy atom. The number of nitrogens with one attached hydrogen (secondary N) is 2. The van der Waals surface area contributed by atoms with Gasteiger partial charge in [-0.1, -0.05) is 6.07 Å². The zero-order chi connectivity index (χ0) is 22.8. The minimum Gasteiger partial charge on any atom is -0.382 e. The van der Waals surface area contributed by atoms with Crippen LogP contribution in [0.1, 0.15) is 27.7 Å². The van der Waals surface area contributed by atoms with Crippen molar-refractivity contribution in [1.82, 2.24) is 9.97 Å². The van der Waals surface area contributed by atoms with E-state index in [-0.39, 0.29) is 0 Å². The molecule has 2 aliphatic rings. The van der Waals surface area contributed by atoms with Crippen molar-refractivity contribution in [2.75, 3.05) is 73.0 Å². The monoisotopic (exact) mass is 442 g/mol. The molecular formula is C24H38N6O2. The molecule has 8 heteroatoms. The van der Waals surface area contributed by atoms with Gasteiger partial charge in [0.15, 0.2) is 0 Å². The van der Waals surface area contributed by atoms with Crippen LogP contribution in [0.2, 0.25) is 0 Å².